The number of carbonyl (C=O) groups excluding carboxylic acids is 1. The number of hydrogen-bond donors (Lipinski definition) is 2. The Balaban J connectivity index is 2.13. The van der Waals surface area contributed by atoms with Crippen molar-refractivity contribution in [2.24, 2.45) is 17.8 Å². The van der Waals surface area contributed by atoms with Gasteiger partial charge in [0.05, 0.1) is 11.8 Å². The Hall–Kier alpha value is -1.11. The molecule has 1 saturated carbocycles. The van der Waals surface area contributed by atoms with Crippen LogP contribution in [0.5, 0.6) is 0 Å². The molecular weight excluding hydrogens is 369 g/mol. The molecule has 3 atom stereocenters. The number of hydrogen-bond acceptors (Lipinski definition) is 2. The Bertz CT molecular complexity index is 544. The van der Waals surface area contributed by atoms with E-state index in [-0.39, 0.29) is 11.8 Å². The van der Waals surface area contributed by atoms with Crippen molar-refractivity contribution >= 4 is 40.2 Å². The zero-order valence-corrected chi connectivity index (χ0v) is 13.7. The van der Waals surface area contributed by atoms with Crippen molar-refractivity contribution in [1.29, 1.82) is 0 Å². The normalized spacial score (nSPS) is 25.4. The first kappa shape index (κ1) is 15.3. The topological polar surface area (TPSA) is 66.4 Å². The van der Waals surface area contributed by atoms with Gasteiger partial charge in [-0.2, -0.15) is 0 Å². The molecule has 0 bridgehead atoms. The van der Waals surface area contributed by atoms with Crippen molar-refractivity contribution in [2.45, 2.75) is 26.7 Å². The minimum atomic E-state index is -0.867. The van der Waals surface area contributed by atoms with Crippen LogP contribution in [0.1, 0.15) is 25.3 Å². The van der Waals surface area contributed by atoms with E-state index in [1.54, 1.807) is 0 Å². The number of aliphatic carboxylic acids is 1. The van der Waals surface area contributed by atoms with Crippen molar-refractivity contribution in [2.75, 3.05) is 5.32 Å². The molecule has 0 aromatic heterocycles. The summed E-state index contributed by atoms with van der Waals surface area (Å²) in [6.07, 6.45) is 1.23. The molecule has 1 aliphatic carbocycles. The summed E-state index contributed by atoms with van der Waals surface area (Å²) in [4.78, 5) is 23.6. The molecule has 1 aromatic carbocycles. The molecule has 1 aliphatic rings. The second kappa shape index (κ2) is 6.11. The molecule has 20 heavy (non-hydrogen) atoms. The van der Waals surface area contributed by atoms with Crippen LogP contribution in [0, 0.1) is 28.2 Å². The summed E-state index contributed by atoms with van der Waals surface area (Å²) in [6, 6.07) is 5.78. The average Bonchev–Trinajstić information content (AvgIpc) is 2.75. The molecule has 108 valence electrons. The van der Waals surface area contributed by atoms with Crippen molar-refractivity contribution in [3.8, 4) is 0 Å². The summed E-state index contributed by atoms with van der Waals surface area (Å²) < 4.78 is 1.11. The number of carboxylic acids is 1. The zero-order chi connectivity index (χ0) is 14.9. The zero-order valence-electron chi connectivity index (χ0n) is 11.5. The number of carbonyl (C=O) groups is 2. The lowest BCUT2D eigenvalue weighted by molar-refractivity contribution is -0.145. The predicted octanol–water partition coefficient (Wildman–Crippen LogP) is 3.29. The Morgan fingerprint density at radius 3 is 2.55 bits per heavy atom. The van der Waals surface area contributed by atoms with Gasteiger partial charge in [0.15, 0.2) is 0 Å². The average molecular weight is 387 g/mol. The summed E-state index contributed by atoms with van der Waals surface area (Å²) in [7, 11) is 0. The van der Waals surface area contributed by atoms with Gasteiger partial charge in [-0.25, -0.2) is 0 Å². The minimum Gasteiger partial charge on any atom is -0.481 e. The van der Waals surface area contributed by atoms with Crippen LogP contribution in [0.4, 0.5) is 5.69 Å². The maximum Gasteiger partial charge on any atom is 0.307 e. The fraction of sp³-hybridized carbons (Fsp3) is 0.467. The highest BCUT2D eigenvalue weighted by molar-refractivity contribution is 14.1. The third kappa shape index (κ3) is 3.31. The lowest BCUT2D eigenvalue weighted by atomic mass is 9.95. The van der Waals surface area contributed by atoms with E-state index in [2.05, 4.69) is 27.9 Å². The quantitative estimate of drug-likeness (QED) is 0.783. The SMILES string of the molecule is Cc1cc(I)ccc1NC(=O)C1CC(C)CC1C(=O)O. The van der Waals surface area contributed by atoms with Gasteiger partial charge in [-0.05, 0) is 72.0 Å². The summed E-state index contributed by atoms with van der Waals surface area (Å²) in [5.41, 5.74) is 1.75. The second-order valence-electron chi connectivity index (χ2n) is 5.58. The molecule has 3 unspecified atom stereocenters. The van der Waals surface area contributed by atoms with Gasteiger partial charge < -0.3 is 10.4 Å². The van der Waals surface area contributed by atoms with Crippen molar-refractivity contribution in [3.63, 3.8) is 0 Å². The van der Waals surface area contributed by atoms with E-state index in [1.807, 2.05) is 32.0 Å². The van der Waals surface area contributed by atoms with E-state index in [0.717, 1.165) is 14.8 Å². The second-order valence-corrected chi connectivity index (χ2v) is 6.82. The van der Waals surface area contributed by atoms with E-state index >= 15 is 0 Å². The monoisotopic (exact) mass is 387 g/mol. The number of rotatable bonds is 3. The Labute approximate surface area is 132 Å². The van der Waals surface area contributed by atoms with Crippen LogP contribution < -0.4 is 5.32 Å². The molecule has 1 amide bonds. The van der Waals surface area contributed by atoms with Crippen LogP contribution in [0.2, 0.25) is 0 Å². The van der Waals surface area contributed by atoms with Crippen LogP contribution in [0.25, 0.3) is 0 Å². The Morgan fingerprint density at radius 2 is 1.95 bits per heavy atom. The van der Waals surface area contributed by atoms with Gasteiger partial charge in [0.25, 0.3) is 0 Å². The van der Waals surface area contributed by atoms with E-state index in [1.165, 1.54) is 0 Å². The molecule has 2 rings (SSSR count). The fourth-order valence-corrected chi connectivity index (χ4v) is 3.49. The predicted molar refractivity (Wildman–Crippen MR) is 85.5 cm³/mol. The molecule has 0 spiro atoms. The number of halogens is 1. The van der Waals surface area contributed by atoms with Gasteiger partial charge in [-0.15, -0.1) is 0 Å². The highest BCUT2D eigenvalue weighted by Crippen LogP contribution is 2.37. The largest absolute Gasteiger partial charge is 0.481 e. The third-order valence-electron chi connectivity index (χ3n) is 3.90. The standard InChI is InChI=1S/C15H18INO3/c1-8-5-11(12(6-8)15(19)20)14(18)17-13-4-3-10(16)7-9(13)2/h3-4,7-8,11-12H,5-6H2,1-2H3,(H,17,18)(H,19,20). The van der Waals surface area contributed by atoms with Gasteiger partial charge in [-0.3, -0.25) is 9.59 Å². The van der Waals surface area contributed by atoms with Crippen molar-refractivity contribution in [1.82, 2.24) is 0 Å². The molecule has 0 heterocycles. The lowest BCUT2D eigenvalue weighted by Crippen LogP contribution is -2.30. The Kier molecular flexibility index (Phi) is 4.67. The smallest absolute Gasteiger partial charge is 0.307 e. The van der Waals surface area contributed by atoms with Crippen molar-refractivity contribution in [3.05, 3.63) is 27.3 Å². The highest BCUT2D eigenvalue weighted by atomic mass is 127. The van der Waals surface area contributed by atoms with E-state index < -0.39 is 17.8 Å². The van der Waals surface area contributed by atoms with Crippen LogP contribution in [0.3, 0.4) is 0 Å². The molecule has 4 nitrogen and oxygen atoms in total. The van der Waals surface area contributed by atoms with Crippen LogP contribution in [-0.2, 0) is 9.59 Å². The third-order valence-corrected chi connectivity index (χ3v) is 4.57. The van der Waals surface area contributed by atoms with E-state index in [0.29, 0.717) is 12.8 Å². The van der Waals surface area contributed by atoms with Gasteiger partial charge in [-0.1, -0.05) is 6.92 Å². The number of benzene rings is 1. The molecule has 0 saturated heterocycles. The van der Waals surface area contributed by atoms with Crippen molar-refractivity contribution < 1.29 is 14.7 Å². The minimum absolute atomic E-state index is 0.175. The van der Waals surface area contributed by atoms with E-state index in [9.17, 15) is 14.7 Å². The van der Waals surface area contributed by atoms with Crippen LogP contribution in [0.15, 0.2) is 18.2 Å². The van der Waals surface area contributed by atoms with Gasteiger partial charge >= 0.3 is 5.97 Å². The number of aryl methyl sites for hydroxylation is 1. The number of nitrogens with one attached hydrogen (secondary N) is 1. The first-order valence-corrected chi connectivity index (χ1v) is 7.76. The summed E-state index contributed by atoms with van der Waals surface area (Å²) in [5, 5.41) is 12.1. The molecular formula is C15H18INO3. The number of amides is 1. The first-order chi connectivity index (χ1) is 9.38. The first-order valence-electron chi connectivity index (χ1n) is 6.68. The lowest BCUT2D eigenvalue weighted by Gasteiger charge is -2.16. The highest BCUT2D eigenvalue weighted by Gasteiger charge is 2.41. The molecule has 5 heteroatoms. The maximum absolute atomic E-state index is 12.3. The molecule has 1 aromatic rings. The number of carboxylic acid groups (broad SMARTS) is 1. The van der Waals surface area contributed by atoms with Crippen LogP contribution >= 0.6 is 22.6 Å². The van der Waals surface area contributed by atoms with E-state index in [4.69, 9.17) is 0 Å². The Morgan fingerprint density at radius 1 is 1.30 bits per heavy atom. The number of anilines is 1. The molecule has 0 radical (unpaired) electrons. The fourth-order valence-electron chi connectivity index (χ4n) is 2.85. The maximum atomic E-state index is 12.3. The summed E-state index contributed by atoms with van der Waals surface area (Å²) >= 11 is 2.22. The summed E-state index contributed by atoms with van der Waals surface area (Å²) in [5.74, 6) is -1.75. The molecule has 0 aliphatic heterocycles. The molecule has 1 fully saturated rings. The van der Waals surface area contributed by atoms with Gasteiger partial charge in [0, 0.05) is 9.26 Å². The summed E-state index contributed by atoms with van der Waals surface area (Å²) in [6.45, 7) is 3.93. The van der Waals surface area contributed by atoms with Gasteiger partial charge in [0.2, 0.25) is 5.91 Å². The van der Waals surface area contributed by atoms with Gasteiger partial charge in [0.1, 0.15) is 0 Å². The molecule has 2 N–H and O–H groups in total. The van der Waals surface area contributed by atoms with Crippen LogP contribution in [-0.4, -0.2) is 17.0 Å².